The molecule has 0 radical (unpaired) electrons. The minimum atomic E-state index is -0.509. The Hall–Kier alpha value is -3.22. The van der Waals surface area contributed by atoms with Crippen LogP contribution in [0.3, 0.4) is 0 Å². The molecule has 0 aliphatic carbocycles. The average Bonchev–Trinajstić information content (AvgIpc) is 2.71. The molecule has 1 saturated heterocycles. The maximum absolute atomic E-state index is 13.1. The first-order valence-electron chi connectivity index (χ1n) is 9.63. The summed E-state index contributed by atoms with van der Waals surface area (Å²) in [5, 5.41) is 5.69. The van der Waals surface area contributed by atoms with Crippen molar-refractivity contribution in [3.63, 3.8) is 0 Å². The van der Waals surface area contributed by atoms with E-state index in [0.717, 1.165) is 11.3 Å². The molecule has 4 amide bonds. The number of carbonyl (C=O) groups excluding carboxylic acids is 3. The van der Waals surface area contributed by atoms with Gasteiger partial charge in [-0.2, -0.15) is 0 Å². The number of halogens is 1. The van der Waals surface area contributed by atoms with E-state index in [1.54, 1.807) is 36.4 Å². The summed E-state index contributed by atoms with van der Waals surface area (Å²) in [6, 6.07) is 11.7. The van der Waals surface area contributed by atoms with Gasteiger partial charge in [-0.3, -0.25) is 14.5 Å². The van der Waals surface area contributed by atoms with Crippen molar-refractivity contribution in [3.05, 3.63) is 71.0 Å². The highest BCUT2D eigenvalue weighted by Gasteiger charge is 2.32. The number of rotatable bonds is 6. The first-order chi connectivity index (χ1) is 13.9. The van der Waals surface area contributed by atoms with Crippen LogP contribution in [0, 0.1) is 5.82 Å². The van der Waals surface area contributed by atoms with Gasteiger partial charge in [0.05, 0.1) is 19.0 Å². The molecule has 2 aromatic carbocycles. The fraction of sp³-hybridized carbons (Fsp3) is 0.318. The Morgan fingerprint density at radius 2 is 1.97 bits per heavy atom. The molecule has 152 valence electrons. The number of benzene rings is 2. The molecule has 0 spiro atoms. The van der Waals surface area contributed by atoms with Gasteiger partial charge in [-0.05, 0) is 48.7 Å². The van der Waals surface area contributed by atoms with Crippen molar-refractivity contribution in [1.82, 2.24) is 15.5 Å². The fourth-order valence-electron chi connectivity index (χ4n) is 3.14. The monoisotopic (exact) mass is 397 g/mol. The Kier molecular flexibility index (Phi) is 6.26. The second kappa shape index (κ2) is 8.86. The molecule has 1 heterocycles. The van der Waals surface area contributed by atoms with Crippen molar-refractivity contribution in [2.75, 3.05) is 0 Å². The lowest BCUT2D eigenvalue weighted by Gasteiger charge is -2.31. The van der Waals surface area contributed by atoms with E-state index in [-0.39, 0.29) is 36.6 Å². The number of amides is 4. The molecule has 1 aliphatic heterocycles. The Labute approximate surface area is 169 Å². The lowest BCUT2D eigenvalue weighted by atomic mass is 10.0. The van der Waals surface area contributed by atoms with Crippen molar-refractivity contribution < 1.29 is 18.8 Å². The van der Waals surface area contributed by atoms with Crippen molar-refractivity contribution in [2.24, 2.45) is 0 Å². The number of nitrogens with one attached hydrogen (secondary N) is 2. The maximum Gasteiger partial charge on any atom is 0.324 e. The van der Waals surface area contributed by atoms with Gasteiger partial charge in [-0.1, -0.05) is 31.2 Å². The normalized spacial score (nSPS) is 17.6. The molecular weight excluding hydrogens is 373 g/mol. The molecule has 6 nitrogen and oxygen atoms in total. The summed E-state index contributed by atoms with van der Waals surface area (Å²) in [6.45, 7) is 3.99. The van der Waals surface area contributed by atoms with Gasteiger partial charge in [0.1, 0.15) is 5.82 Å². The van der Waals surface area contributed by atoms with Gasteiger partial charge in [-0.25, -0.2) is 9.18 Å². The van der Waals surface area contributed by atoms with Crippen LogP contribution in [0.4, 0.5) is 9.18 Å². The molecule has 1 aliphatic rings. The smallest absolute Gasteiger partial charge is 0.324 e. The number of hydrogen-bond acceptors (Lipinski definition) is 3. The van der Waals surface area contributed by atoms with Crippen molar-refractivity contribution in [3.8, 4) is 0 Å². The molecule has 0 saturated carbocycles. The van der Waals surface area contributed by atoms with Gasteiger partial charge in [0.2, 0.25) is 5.91 Å². The zero-order valence-corrected chi connectivity index (χ0v) is 16.4. The third kappa shape index (κ3) is 4.99. The van der Waals surface area contributed by atoms with Crippen molar-refractivity contribution in [2.45, 2.75) is 45.3 Å². The molecule has 2 unspecified atom stereocenters. The first-order valence-corrected chi connectivity index (χ1v) is 9.63. The summed E-state index contributed by atoms with van der Waals surface area (Å²) in [6.07, 6.45) is 0.911. The number of urea groups is 1. The van der Waals surface area contributed by atoms with Crippen LogP contribution in [0.25, 0.3) is 0 Å². The van der Waals surface area contributed by atoms with Crippen molar-refractivity contribution in [1.29, 1.82) is 0 Å². The summed E-state index contributed by atoms with van der Waals surface area (Å²) < 4.78 is 13.1. The van der Waals surface area contributed by atoms with Gasteiger partial charge in [-0.15, -0.1) is 0 Å². The number of hydrogen-bond donors (Lipinski definition) is 2. The molecule has 2 aromatic rings. The molecule has 7 heteroatoms. The highest BCUT2D eigenvalue weighted by molar-refractivity contribution is 5.97. The van der Waals surface area contributed by atoms with E-state index >= 15 is 0 Å². The maximum atomic E-state index is 13.1. The minimum Gasteiger partial charge on any atom is -0.350 e. The number of nitrogens with zero attached hydrogens (tertiary/aromatic N) is 1. The average molecular weight is 397 g/mol. The Morgan fingerprint density at radius 1 is 1.24 bits per heavy atom. The summed E-state index contributed by atoms with van der Waals surface area (Å²) in [7, 11) is 0. The third-order valence-corrected chi connectivity index (χ3v) is 5.01. The summed E-state index contributed by atoms with van der Waals surface area (Å²) in [5.41, 5.74) is 1.85. The number of imide groups is 1. The van der Waals surface area contributed by atoms with Crippen LogP contribution in [0.5, 0.6) is 0 Å². The molecular formula is C22H24FN3O3. The topological polar surface area (TPSA) is 78.5 Å². The van der Waals surface area contributed by atoms with Gasteiger partial charge >= 0.3 is 6.03 Å². The zero-order chi connectivity index (χ0) is 21.0. The Bertz CT molecular complexity index is 896. The van der Waals surface area contributed by atoms with E-state index < -0.39 is 12.1 Å². The van der Waals surface area contributed by atoms with E-state index in [9.17, 15) is 18.8 Å². The lowest BCUT2D eigenvalue weighted by molar-refractivity contribution is -0.130. The number of carbonyl (C=O) groups is 3. The highest BCUT2D eigenvalue weighted by atomic mass is 19.1. The molecule has 0 bridgehead atoms. The molecule has 0 aromatic heterocycles. The standard InChI is InChI=1S/C22H24FN3O3/c1-3-14(2)24-21(28)17-6-4-5-15(11-17)13-26-20(27)12-19(25-22(26)29)16-7-9-18(23)10-8-16/h4-11,14,19H,3,12-13H2,1-2H3,(H,24,28)(H,25,29). The van der Waals surface area contributed by atoms with Gasteiger partial charge < -0.3 is 10.6 Å². The molecule has 29 heavy (non-hydrogen) atoms. The third-order valence-electron chi connectivity index (χ3n) is 5.01. The molecule has 3 rings (SSSR count). The van der Waals surface area contributed by atoms with Crippen LogP contribution in [0.2, 0.25) is 0 Å². The van der Waals surface area contributed by atoms with Gasteiger partial charge in [0.15, 0.2) is 0 Å². The van der Waals surface area contributed by atoms with Gasteiger partial charge in [0.25, 0.3) is 5.91 Å². The summed E-state index contributed by atoms with van der Waals surface area (Å²) in [5.74, 6) is -0.884. The van der Waals surface area contributed by atoms with Crippen LogP contribution < -0.4 is 10.6 Å². The van der Waals surface area contributed by atoms with Crippen LogP contribution >= 0.6 is 0 Å². The summed E-state index contributed by atoms with van der Waals surface area (Å²) in [4.78, 5) is 38.5. The molecule has 2 N–H and O–H groups in total. The fourth-order valence-corrected chi connectivity index (χ4v) is 3.14. The predicted molar refractivity (Wildman–Crippen MR) is 107 cm³/mol. The van der Waals surface area contributed by atoms with Gasteiger partial charge in [0, 0.05) is 11.6 Å². The SMILES string of the molecule is CCC(C)NC(=O)c1cccc(CN2C(=O)CC(c3ccc(F)cc3)NC2=O)c1. The second-order valence-electron chi connectivity index (χ2n) is 7.22. The first kappa shape index (κ1) is 20.5. The van der Waals surface area contributed by atoms with E-state index in [4.69, 9.17) is 0 Å². The van der Waals surface area contributed by atoms with Crippen molar-refractivity contribution >= 4 is 17.8 Å². The quantitative estimate of drug-likeness (QED) is 0.783. The largest absolute Gasteiger partial charge is 0.350 e. The van der Waals surface area contributed by atoms with Crippen LogP contribution in [0.15, 0.2) is 48.5 Å². The minimum absolute atomic E-state index is 0.0593. The highest BCUT2D eigenvalue weighted by Crippen LogP contribution is 2.24. The Balaban J connectivity index is 1.68. The summed E-state index contributed by atoms with van der Waals surface area (Å²) >= 11 is 0. The van der Waals surface area contributed by atoms with E-state index in [1.165, 1.54) is 12.1 Å². The van der Waals surface area contributed by atoms with E-state index in [1.807, 2.05) is 13.8 Å². The Morgan fingerprint density at radius 3 is 2.62 bits per heavy atom. The molecule has 2 atom stereocenters. The predicted octanol–water partition coefficient (Wildman–Crippen LogP) is 3.54. The van der Waals surface area contributed by atoms with Crippen LogP contribution in [-0.4, -0.2) is 28.8 Å². The van der Waals surface area contributed by atoms with E-state index in [2.05, 4.69) is 10.6 Å². The van der Waals surface area contributed by atoms with E-state index in [0.29, 0.717) is 16.7 Å². The molecule has 1 fully saturated rings. The zero-order valence-electron chi connectivity index (χ0n) is 16.4. The van der Waals surface area contributed by atoms with Crippen LogP contribution in [0.1, 0.15) is 54.2 Å². The van der Waals surface area contributed by atoms with Crippen LogP contribution in [-0.2, 0) is 11.3 Å². The lowest BCUT2D eigenvalue weighted by Crippen LogP contribution is -2.50. The second-order valence-corrected chi connectivity index (χ2v) is 7.22.